The summed E-state index contributed by atoms with van der Waals surface area (Å²) in [6.45, 7) is 2.70. The zero-order chi connectivity index (χ0) is 19.1. The van der Waals surface area contributed by atoms with E-state index >= 15 is 0 Å². The first-order valence-electron chi connectivity index (χ1n) is 8.79. The molecule has 0 aliphatic carbocycles. The summed E-state index contributed by atoms with van der Waals surface area (Å²) in [6, 6.07) is 15.8. The Labute approximate surface area is 168 Å². The fraction of sp³-hybridized carbons (Fsp3) is 0.250. The Morgan fingerprint density at radius 2 is 1.96 bits per heavy atom. The van der Waals surface area contributed by atoms with Crippen LogP contribution in [0, 0.1) is 0 Å². The van der Waals surface area contributed by atoms with Gasteiger partial charge in [0.05, 0.1) is 11.4 Å². The first-order valence-corrected chi connectivity index (χ1v) is 10.2. The normalized spacial score (nSPS) is 10.7. The highest BCUT2D eigenvalue weighted by atomic mass is 35.5. The molecule has 140 valence electrons. The smallest absolute Gasteiger partial charge is 0.230 e. The van der Waals surface area contributed by atoms with Crippen molar-refractivity contribution >= 4 is 29.3 Å². The zero-order valence-electron chi connectivity index (χ0n) is 15.1. The van der Waals surface area contributed by atoms with Crippen LogP contribution in [0.3, 0.4) is 0 Å². The Balaban J connectivity index is 1.52. The molecule has 0 saturated heterocycles. The second kappa shape index (κ2) is 9.58. The van der Waals surface area contributed by atoms with Gasteiger partial charge in [-0.15, -0.1) is 10.2 Å². The molecule has 3 rings (SSSR count). The van der Waals surface area contributed by atoms with Crippen LogP contribution in [-0.2, 0) is 17.6 Å². The summed E-state index contributed by atoms with van der Waals surface area (Å²) in [6.07, 6.45) is 3.38. The molecule has 27 heavy (non-hydrogen) atoms. The van der Waals surface area contributed by atoms with Crippen molar-refractivity contribution < 1.29 is 4.79 Å². The molecule has 1 aromatic heterocycles. The molecule has 5 nitrogen and oxygen atoms in total. The lowest BCUT2D eigenvalue weighted by Crippen LogP contribution is -2.27. The number of rotatable bonds is 8. The van der Waals surface area contributed by atoms with Crippen molar-refractivity contribution in [3.63, 3.8) is 0 Å². The van der Waals surface area contributed by atoms with Crippen LogP contribution >= 0.6 is 23.4 Å². The summed E-state index contributed by atoms with van der Waals surface area (Å²) in [7, 11) is 0. The number of halogens is 1. The van der Waals surface area contributed by atoms with Gasteiger partial charge in [0.1, 0.15) is 6.33 Å². The molecule has 2 aromatic carbocycles. The van der Waals surface area contributed by atoms with Crippen LogP contribution in [0.15, 0.2) is 60.0 Å². The van der Waals surface area contributed by atoms with Gasteiger partial charge in [0.15, 0.2) is 5.16 Å². The predicted octanol–water partition coefficient (Wildman–Crippen LogP) is 3.93. The predicted molar refractivity (Wildman–Crippen MR) is 110 cm³/mol. The van der Waals surface area contributed by atoms with E-state index in [1.807, 2.05) is 47.0 Å². The van der Waals surface area contributed by atoms with Gasteiger partial charge in [-0.3, -0.25) is 9.36 Å². The van der Waals surface area contributed by atoms with E-state index < -0.39 is 0 Å². The van der Waals surface area contributed by atoms with Crippen molar-refractivity contribution in [2.45, 2.75) is 24.9 Å². The summed E-state index contributed by atoms with van der Waals surface area (Å²) in [5.41, 5.74) is 3.41. The van der Waals surface area contributed by atoms with Crippen molar-refractivity contribution in [2.24, 2.45) is 0 Å². The van der Waals surface area contributed by atoms with E-state index in [1.54, 1.807) is 6.33 Å². The quantitative estimate of drug-likeness (QED) is 0.582. The lowest BCUT2D eigenvalue weighted by Gasteiger charge is -2.10. The summed E-state index contributed by atoms with van der Waals surface area (Å²) in [5.74, 6) is 0.278. The number of amides is 1. The molecular weight excluding hydrogens is 380 g/mol. The van der Waals surface area contributed by atoms with Gasteiger partial charge >= 0.3 is 0 Å². The van der Waals surface area contributed by atoms with Gasteiger partial charge in [-0.05, 0) is 42.2 Å². The van der Waals surface area contributed by atoms with Crippen LogP contribution in [-0.4, -0.2) is 33.0 Å². The minimum absolute atomic E-state index is 0.0210. The Bertz CT molecular complexity index is 895. The molecule has 0 radical (unpaired) electrons. The van der Waals surface area contributed by atoms with Crippen LogP contribution in [0.1, 0.15) is 18.1 Å². The number of hydrogen-bond donors (Lipinski definition) is 1. The molecule has 0 spiro atoms. The molecule has 0 fully saturated rings. The highest BCUT2D eigenvalue weighted by molar-refractivity contribution is 7.99. The third-order valence-corrected chi connectivity index (χ3v) is 5.33. The van der Waals surface area contributed by atoms with E-state index in [-0.39, 0.29) is 5.91 Å². The van der Waals surface area contributed by atoms with Crippen molar-refractivity contribution in [3.05, 3.63) is 71.0 Å². The molecule has 0 bridgehead atoms. The zero-order valence-corrected chi connectivity index (χ0v) is 16.6. The van der Waals surface area contributed by atoms with Crippen molar-refractivity contribution in [1.82, 2.24) is 20.1 Å². The minimum atomic E-state index is -0.0210. The number of nitrogens with zero attached hydrogens (tertiary/aromatic N) is 3. The first kappa shape index (κ1) is 19.5. The fourth-order valence-electron chi connectivity index (χ4n) is 2.71. The average Bonchev–Trinajstić information content (AvgIpc) is 3.16. The van der Waals surface area contributed by atoms with Gasteiger partial charge in [-0.1, -0.05) is 60.6 Å². The van der Waals surface area contributed by atoms with Crippen molar-refractivity contribution in [2.75, 3.05) is 12.3 Å². The number of aryl methyl sites for hydroxylation is 1. The maximum Gasteiger partial charge on any atom is 0.230 e. The molecule has 1 N–H and O–H groups in total. The van der Waals surface area contributed by atoms with Crippen LogP contribution in [0.5, 0.6) is 0 Å². The third kappa shape index (κ3) is 5.34. The third-order valence-electron chi connectivity index (χ3n) is 4.13. The molecule has 3 aromatic rings. The Morgan fingerprint density at radius 1 is 1.19 bits per heavy atom. The molecule has 7 heteroatoms. The second-order valence-electron chi connectivity index (χ2n) is 5.98. The van der Waals surface area contributed by atoms with Crippen LogP contribution in [0.2, 0.25) is 5.02 Å². The Hall–Kier alpha value is -2.31. The average molecular weight is 401 g/mol. The van der Waals surface area contributed by atoms with Gasteiger partial charge in [0.25, 0.3) is 0 Å². The monoisotopic (exact) mass is 400 g/mol. The molecule has 0 saturated carbocycles. The summed E-state index contributed by atoms with van der Waals surface area (Å²) in [5, 5.41) is 12.5. The molecule has 0 aliphatic heterocycles. The van der Waals surface area contributed by atoms with E-state index in [0.717, 1.165) is 24.1 Å². The van der Waals surface area contributed by atoms with Crippen molar-refractivity contribution in [1.29, 1.82) is 0 Å². The number of aromatic nitrogens is 3. The van der Waals surface area contributed by atoms with E-state index in [1.165, 1.54) is 17.3 Å². The number of carbonyl (C=O) groups is 1. The van der Waals surface area contributed by atoms with Gasteiger partial charge in [0, 0.05) is 11.6 Å². The summed E-state index contributed by atoms with van der Waals surface area (Å²) < 4.78 is 1.94. The van der Waals surface area contributed by atoms with Crippen LogP contribution in [0.25, 0.3) is 5.69 Å². The van der Waals surface area contributed by atoms with E-state index in [9.17, 15) is 4.79 Å². The maximum atomic E-state index is 12.1. The lowest BCUT2D eigenvalue weighted by atomic mass is 10.1. The summed E-state index contributed by atoms with van der Waals surface area (Å²) >= 11 is 7.26. The minimum Gasteiger partial charge on any atom is -0.355 e. The van der Waals surface area contributed by atoms with Crippen LogP contribution in [0.4, 0.5) is 0 Å². The topological polar surface area (TPSA) is 59.8 Å². The SMILES string of the molecule is CCc1ccccc1-n1cnnc1SCC(=O)NCCc1ccc(Cl)cc1. The maximum absolute atomic E-state index is 12.1. The highest BCUT2D eigenvalue weighted by Crippen LogP contribution is 2.22. The standard InChI is InChI=1S/C20H21ClN4OS/c1-2-16-5-3-4-6-18(16)25-14-23-24-20(25)27-13-19(26)22-12-11-15-7-9-17(21)10-8-15/h3-10,14H,2,11-13H2,1H3,(H,22,26). The molecule has 0 aliphatic rings. The molecule has 1 amide bonds. The Morgan fingerprint density at radius 3 is 2.74 bits per heavy atom. The number of thioether (sulfide) groups is 1. The van der Waals surface area contributed by atoms with Crippen LogP contribution < -0.4 is 5.32 Å². The van der Waals surface area contributed by atoms with Gasteiger partial charge in [0.2, 0.25) is 5.91 Å². The number of nitrogens with one attached hydrogen (secondary N) is 1. The Kier molecular flexibility index (Phi) is 6.90. The van der Waals surface area contributed by atoms with Gasteiger partial charge < -0.3 is 5.32 Å². The van der Waals surface area contributed by atoms with Crippen molar-refractivity contribution in [3.8, 4) is 5.69 Å². The number of benzene rings is 2. The second-order valence-corrected chi connectivity index (χ2v) is 7.36. The molecule has 0 unspecified atom stereocenters. The largest absolute Gasteiger partial charge is 0.355 e. The van der Waals surface area contributed by atoms with Gasteiger partial charge in [-0.2, -0.15) is 0 Å². The number of para-hydroxylation sites is 1. The number of carbonyl (C=O) groups excluding carboxylic acids is 1. The van der Waals surface area contributed by atoms with E-state index in [4.69, 9.17) is 11.6 Å². The first-order chi connectivity index (χ1) is 13.2. The van der Waals surface area contributed by atoms with Gasteiger partial charge in [-0.25, -0.2) is 0 Å². The van der Waals surface area contributed by atoms with E-state index in [2.05, 4.69) is 28.5 Å². The lowest BCUT2D eigenvalue weighted by molar-refractivity contribution is -0.118. The molecule has 1 heterocycles. The van der Waals surface area contributed by atoms with E-state index in [0.29, 0.717) is 22.5 Å². The molecular formula is C20H21ClN4OS. The fourth-order valence-corrected chi connectivity index (χ4v) is 3.59. The summed E-state index contributed by atoms with van der Waals surface area (Å²) in [4.78, 5) is 12.1. The number of hydrogen-bond acceptors (Lipinski definition) is 4. The highest BCUT2D eigenvalue weighted by Gasteiger charge is 2.12. The molecule has 0 atom stereocenters.